The van der Waals surface area contributed by atoms with Crippen LogP contribution in [0.15, 0.2) is 16.7 Å². The van der Waals surface area contributed by atoms with Gasteiger partial charge in [-0.05, 0) is 18.2 Å². The van der Waals surface area contributed by atoms with E-state index in [9.17, 15) is 0 Å². The van der Waals surface area contributed by atoms with Crippen molar-refractivity contribution in [1.29, 1.82) is 0 Å². The topological polar surface area (TPSA) is 94.8 Å². The first kappa shape index (κ1) is 10.8. The smallest absolute Gasteiger partial charge is 0.176 e. The molecule has 2 aromatic heterocycles. The molecule has 86 valence electrons. The molecule has 0 amide bonds. The number of aromatic nitrogens is 4. The van der Waals surface area contributed by atoms with E-state index >= 15 is 0 Å². The van der Waals surface area contributed by atoms with Gasteiger partial charge in [0.2, 0.25) is 0 Å². The van der Waals surface area contributed by atoms with Gasteiger partial charge in [0.05, 0.1) is 19.4 Å². The number of hydrazine groups is 1. The Labute approximate surface area is 92.6 Å². The highest BCUT2D eigenvalue weighted by atomic mass is 16.3. The maximum atomic E-state index is 5.51. The quantitative estimate of drug-likeness (QED) is 0.552. The second-order valence-electron chi connectivity index (χ2n) is 3.55. The molecule has 1 unspecified atom stereocenters. The van der Waals surface area contributed by atoms with E-state index in [0.29, 0.717) is 12.2 Å². The van der Waals surface area contributed by atoms with Gasteiger partial charge in [-0.25, -0.2) is 0 Å². The Balaban J connectivity index is 2.15. The summed E-state index contributed by atoms with van der Waals surface area (Å²) < 4.78 is 5.23. The third-order valence-corrected chi connectivity index (χ3v) is 2.41. The molecule has 2 rings (SSSR count). The molecule has 0 saturated heterocycles. The van der Waals surface area contributed by atoms with Crippen LogP contribution in [0.1, 0.15) is 23.2 Å². The van der Waals surface area contributed by atoms with E-state index in [1.54, 1.807) is 13.3 Å². The van der Waals surface area contributed by atoms with E-state index < -0.39 is 0 Å². The number of nitrogens with zero attached hydrogens (tertiary/aromatic N) is 4. The summed E-state index contributed by atoms with van der Waals surface area (Å²) >= 11 is 0. The van der Waals surface area contributed by atoms with Crippen LogP contribution in [-0.2, 0) is 13.5 Å². The number of rotatable bonds is 4. The fraction of sp³-hybridized carbons (Fsp3) is 0.444. The highest BCUT2D eigenvalue weighted by Gasteiger charge is 2.17. The van der Waals surface area contributed by atoms with Crippen LogP contribution in [0.25, 0.3) is 0 Å². The Morgan fingerprint density at radius 1 is 1.62 bits per heavy atom. The number of hydrogen-bond donors (Lipinski definition) is 2. The predicted molar refractivity (Wildman–Crippen MR) is 56.0 cm³/mol. The molecule has 0 aliphatic rings. The molecule has 0 fully saturated rings. The zero-order valence-electron chi connectivity index (χ0n) is 9.21. The van der Waals surface area contributed by atoms with Gasteiger partial charge in [-0.1, -0.05) is 0 Å². The van der Waals surface area contributed by atoms with Gasteiger partial charge < -0.3 is 4.42 Å². The molecule has 7 heteroatoms. The largest absolute Gasteiger partial charge is 0.469 e. The monoisotopic (exact) mass is 222 g/mol. The van der Waals surface area contributed by atoms with Gasteiger partial charge >= 0.3 is 0 Å². The van der Waals surface area contributed by atoms with E-state index in [1.165, 1.54) is 4.80 Å². The predicted octanol–water partition coefficient (Wildman–Crippen LogP) is -0.141. The van der Waals surface area contributed by atoms with Gasteiger partial charge in [0, 0.05) is 12.0 Å². The van der Waals surface area contributed by atoms with Crippen molar-refractivity contribution in [3.05, 3.63) is 29.5 Å². The van der Waals surface area contributed by atoms with Crippen LogP contribution >= 0.6 is 0 Å². The van der Waals surface area contributed by atoms with Gasteiger partial charge in [0.15, 0.2) is 5.82 Å². The third-order valence-electron chi connectivity index (χ3n) is 2.41. The summed E-state index contributed by atoms with van der Waals surface area (Å²) in [4.78, 5) is 1.42. The van der Waals surface area contributed by atoms with Crippen LogP contribution in [0.2, 0.25) is 0 Å². The highest BCUT2D eigenvalue weighted by molar-refractivity contribution is 5.21. The average Bonchev–Trinajstić information content (AvgIpc) is 2.84. The molecule has 3 N–H and O–H groups in total. The Bertz CT molecular complexity index is 462. The molecule has 7 nitrogen and oxygen atoms in total. The van der Waals surface area contributed by atoms with Crippen LogP contribution in [0.4, 0.5) is 0 Å². The summed E-state index contributed by atoms with van der Waals surface area (Å²) in [5, 5.41) is 11.8. The van der Waals surface area contributed by atoms with Crippen molar-refractivity contribution < 1.29 is 4.42 Å². The molecule has 0 aliphatic carbocycles. The molecular weight excluding hydrogens is 208 g/mol. The summed E-state index contributed by atoms with van der Waals surface area (Å²) in [6, 6.07) is 1.82. The number of nitrogens with two attached hydrogens (primary N) is 1. The maximum absolute atomic E-state index is 5.51. The lowest BCUT2D eigenvalue weighted by molar-refractivity contribution is 0.496. The molecule has 1 atom stereocenters. The van der Waals surface area contributed by atoms with E-state index in [1.807, 2.05) is 13.0 Å². The van der Waals surface area contributed by atoms with E-state index in [4.69, 9.17) is 10.3 Å². The van der Waals surface area contributed by atoms with Crippen molar-refractivity contribution >= 4 is 0 Å². The van der Waals surface area contributed by atoms with Crippen LogP contribution < -0.4 is 11.3 Å². The fourth-order valence-electron chi connectivity index (χ4n) is 1.60. The number of hydrogen-bond acceptors (Lipinski definition) is 6. The number of aryl methyl sites for hydroxylation is 2. The minimum Gasteiger partial charge on any atom is -0.469 e. The summed E-state index contributed by atoms with van der Waals surface area (Å²) in [6.07, 6.45) is 2.21. The lowest BCUT2D eigenvalue weighted by Gasteiger charge is -2.12. The van der Waals surface area contributed by atoms with Crippen LogP contribution in [0.3, 0.4) is 0 Å². The molecule has 0 radical (unpaired) electrons. The molecule has 2 heterocycles. The van der Waals surface area contributed by atoms with E-state index in [2.05, 4.69) is 20.8 Å². The van der Waals surface area contributed by atoms with Gasteiger partial charge in [-0.2, -0.15) is 4.80 Å². The fourth-order valence-corrected chi connectivity index (χ4v) is 1.60. The van der Waals surface area contributed by atoms with Gasteiger partial charge in [-0.15, -0.1) is 10.2 Å². The zero-order chi connectivity index (χ0) is 11.5. The van der Waals surface area contributed by atoms with Crippen LogP contribution in [-0.4, -0.2) is 20.2 Å². The van der Waals surface area contributed by atoms with Gasteiger partial charge in [0.25, 0.3) is 0 Å². The first-order valence-corrected chi connectivity index (χ1v) is 4.93. The summed E-state index contributed by atoms with van der Waals surface area (Å²) in [5.41, 5.74) is 3.74. The minimum absolute atomic E-state index is 0.0667. The first-order chi connectivity index (χ1) is 7.70. The SMILES string of the molecule is Cc1occc1C(Cc1nnn(C)n1)NN. The van der Waals surface area contributed by atoms with Crippen LogP contribution in [0.5, 0.6) is 0 Å². The van der Waals surface area contributed by atoms with Gasteiger partial charge in [-0.3, -0.25) is 11.3 Å². The van der Waals surface area contributed by atoms with Crippen molar-refractivity contribution in [2.75, 3.05) is 0 Å². The maximum Gasteiger partial charge on any atom is 0.176 e. The minimum atomic E-state index is -0.0667. The third kappa shape index (κ3) is 2.10. The number of furan rings is 1. The lowest BCUT2D eigenvalue weighted by atomic mass is 10.1. The molecule has 16 heavy (non-hydrogen) atoms. The lowest BCUT2D eigenvalue weighted by Crippen LogP contribution is -2.30. The molecular formula is C9H14N6O. The Morgan fingerprint density at radius 3 is 2.94 bits per heavy atom. The normalized spacial score (nSPS) is 12.9. The molecule has 0 saturated carbocycles. The summed E-state index contributed by atoms with van der Waals surface area (Å²) in [6.45, 7) is 1.89. The van der Waals surface area contributed by atoms with Gasteiger partial charge in [0.1, 0.15) is 5.76 Å². The Kier molecular flexibility index (Phi) is 2.97. The molecule has 0 aromatic carbocycles. The highest BCUT2D eigenvalue weighted by Crippen LogP contribution is 2.20. The molecule has 0 aliphatic heterocycles. The van der Waals surface area contributed by atoms with Crippen molar-refractivity contribution in [2.45, 2.75) is 19.4 Å². The first-order valence-electron chi connectivity index (χ1n) is 4.93. The van der Waals surface area contributed by atoms with Crippen LogP contribution in [0, 0.1) is 6.92 Å². The van der Waals surface area contributed by atoms with E-state index in [-0.39, 0.29) is 6.04 Å². The summed E-state index contributed by atoms with van der Waals surface area (Å²) in [7, 11) is 1.73. The molecule has 0 spiro atoms. The van der Waals surface area contributed by atoms with Crippen molar-refractivity contribution in [2.24, 2.45) is 12.9 Å². The van der Waals surface area contributed by atoms with Crippen molar-refractivity contribution in [1.82, 2.24) is 25.6 Å². The zero-order valence-corrected chi connectivity index (χ0v) is 9.21. The molecule has 0 bridgehead atoms. The number of tetrazole rings is 1. The summed E-state index contributed by atoms with van der Waals surface area (Å²) in [5.74, 6) is 7.00. The second kappa shape index (κ2) is 4.42. The van der Waals surface area contributed by atoms with Crippen molar-refractivity contribution in [3.8, 4) is 0 Å². The average molecular weight is 222 g/mol. The standard InChI is InChI=1S/C9H14N6O/c1-6-7(3-4-16-6)8(11-10)5-9-12-14-15(2)13-9/h3-4,8,11H,5,10H2,1-2H3. The second-order valence-corrected chi connectivity index (χ2v) is 3.55. The Morgan fingerprint density at radius 2 is 2.44 bits per heavy atom. The Hall–Kier alpha value is -1.73. The van der Waals surface area contributed by atoms with E-state index in [0.717, 1.165) is 11.3 Å². The number of nitrogens with one attached hydrogen (secondary N) is 1. The van der Waals surface area contributed by atoms with Crippen molar-refractivity contribution in [3.63, 3.8) is 0 Å². The molecule has 2 aromatic rings.